The number of hydrogen-bond donors (Lipinski definition) is 1. The number of ether oxygens (including phenoxy) is 1. The van der Waals surface area contributed by atoms with Gasteiger partial charge in [-0.05, 0) is 61.4 Å². The molecule has 1 aromatic carbocycles. The van der Waals surface area contributed by atoms with Gasteiger partial charge in [-0.3, -0.25) is 4.79 Å². The maximum Gasteiger partial charge on any atom is 0.573 e. The minimum Gasteiger partial charge on any atom is -0.406 e. The van der Waals surface area contributed by atoms with Crippen LogP contribution in [0.2, 0.25) is 0 Å². The van der Waals surface area contributed by atoms with E-state index in [1.165, 1.54) is 24.3 Å². The summed E-state index contributed by atoms with van der Waals surface area (Å²) in [4.78, 5) is 19.3. The average molecular weight is 430 g/mol. The molecule has 0 aliphatic carbocycles. The first kappa shape index (κ1) is 20.8. The fourth-order valence-corrected chi connectivity index (χ4v) is 3.67. The predicted octanol–water partition coefficient (Wildman–Crippen LogP) is 4.63. The number of amides is 1. The van der Waals surface area contributed by atoms with Gasteiger partial charge in [0.05, 0.1) is 5.69 Å². The van der Waals surface area contributed by atoms with Gasteiger partial charge in [0, 0.05) is 43.3 Å². The molecule has 0 saturated carbocycles. The van der Waals surface area contributed by atoms with Crippen molar-refractivity contribution in [3.63, 3.8) is 0 Å². The molecule has 1 N–H and O–H groups in total. The molecule has 0 unspecified atom stereocenters. The van der Waals surface area contributed by atoms with Gasteiger partial charge >= 0.3 is 6.36 Å². The second kappa shape index (κ2) is 8.71. The Kier molecular flexibility index (Phi) is 5.83. The zero-order valence-corrected chi connectivity index (χ0v) is 16.5. The number of alkyl halides is 3. The Morgan fingerprint density at radius 2 is 1.71 bits per heavy atom. The summed E-state index contributed by atoms with van der Waals surface area (Å²) in [6, 6.07) is 12.9. The summed E-state index contributed by atoms with van der Waals surface area (Å²) in [6.07, 6.45) is 2.25. The van der Waals surface area contributed by atoms with E-state index >= 15 is 0 Å². The molecule has 0 radical (unpaired) electrons. The fourth-order valence-electron chi connectivity index (χ4n) is 3.67. The monoisotopic (exact) mass is 430 g/mol. The van der Waals surface area contributed by atoms with Crippen LogP contribution in [0.1, 0.15) is 12.8 Å². The number of hydrogen-bond acceptors (Lipinski definition) is 4. The SMILES string of the molecule is O=C(Nc1ccc(OC(F)(F)F)cc1)C1CCN(c2ncccc2-n2cccc2)CC1. The number of anilines is 2. The van der Waals surface area contributed by atoms with Crippen molar-refractivity contribution in [3.8, 4) is 11.4 Å². The number of carbonyl (C=O) groups excluding carboxylic acids is 1. The van der Waals surface area contributed by atoms with Crippen molar-refractivity contribution in [2.75, 3.05) is 23.3 Å². The topological polar surface area (TPSA) is 59.4 Å². The lowest BCUT2D eigenvalue weighted by molar-refractivity contribution is -0.274. The molecule has 3 heterocycles. The van der Waals surface area contributed by atoms with Gasteiger partial charge in [0.15, 0.2) is 5.82 Å². The largest absolute Gasteiger partial charge is 0.573 e. The molecule has 1 fully saturated rings. The van der Waals surface area contributed by atoms with Gasteiger partial charge in [-0.25, -0.2) is 4.98 Å². The molecule has 0 bridgehead atoms. The number of pyridine rings is 1. The van der Waals surface area contributed by atoms with Crippen LogP contribution in [0.5, 0.6) is 5.75 Å². The normalized spacial score (nSPS) is 15.0. The Morgan fingerprint density at radius 3 is 2.35 bits per heavy atom. The van der Waals surface area contributed by atoms with Crippen molar-refractivity contribution >= 4 is 17.4 Å². The first-order valence-corrected chi connectivity index (χ1v) is 9.89. The third-order valence-electron chi connectivity index (χ3n) is 5.17. The van der Waals surface area contributed by atoms with E-state index in [-0.39, 0.29) is 17.6 Å². The Hall–Kier alpha value is -3.49. The molecular formula is C22H21F3N4O2. The lowest BCUT2D eigenvalue weighted by Gasteiger charge is -2.33. The zero-order valence-electron chi connectivity index (χ0n) is 16.5. The van der Waals surface area contributed by atoms with E-state index in [9.17, 15) is 18.0 Å². The third kappa shape index (κ3) is 5.17. The molecule has 3 aromatic rings. The maximum atomic E-state index is 12.6. The highest BCUT2D eigenvalue weighted by atomic mass is 19.4. The van der Waals surface area contributed by atoms with Crippen LogP contribution < -0.4 is 15.0 Å². The maximum absolute atomic E-state index is 12.6. The van der Waals surface area contributed by atoms with E-state index in [0.717, 1.165) is 11.5 Å². The number of aromatic nitrogens is 2. The van der Waals surface area contributed by atoms with E-state index < -0.39 is 6.36 Å². The molecule has 162 valence electrons. The van der Waals surface area contributed by atoms with Gasteiger partial charge in [0.2, 0.25) is 5.91 Å². The van der Waals surface area contributed by atoms with E-state index in [0.29, 0.717) is 31.6 Å². The van der Waals surface area contributed by atoms with E-state index in [2.05, 4.69) is 19.9 Å². The van der Waals surface area contributed by atoms with Crippen LogP contribution in [-0.4, -0.2) is 34.9 Å². The van der Waals surface area contributed by atoms with E-state index in [1.807, 2.05) is 41.2 Å². The highest BCUT2D eigenvalue weighted by Crippen LogP contribution is 2.28. The van der Waals surface area contributed by atoms with Crippen LogP contribution in [0.25, 0.3) is 5.69 Å². The average Bonchev–Trinajstić information content (AvgIpc) is 3.29. The van der Waals surface area contributed by atoms with Crippen molar-refractivity contribution < 1.29 is 22.7 Å². The first-order chi connectivity index (χ1) is 14.9. The molecule has 6 nitrogen and oxygen atoms in total. The van der Waals surface area contributed by atoms with Crippen molar-refractivity contribution in [2.24, 2.45) is 5.92 Å². The molecule has 1 saturated heterocycles. The third-order valence-corrected chi connectivity index (χ3v) is 5.17. The summed E-state index contributed by atoms with van der Waals surface area (Å²) in [5, 5.41) is 2.78. The molecular weight excluding hydrogens is 409 g/mol. The molecule has 1 aliphatic rings. The van der Waals surface area contributed by atoms with Crippen LogP contribution in [0, 0.1) is 5.92 Å². The quantitative estimate of drug-likeness (QED) is 0.642. The standard InChI is InChI=1S/C22H21F3N4O2/c23-22(24,25)31-18-7-5-17(6-8-18)27-21(30)16-9-14-29(15-10-16)20-19(4-3-11-26-20)28-12-1-2-13-28/h1-8,11-13,16H,9-10,14-15H2,(H,27,30). The van der Waals surface area contributed by atoms with E-state index in [1.54, 1.807) is 6.20 Å². The summed E-state index contributed by atoms with van der Waals surface area (Å²) in [5.74, 6) is 0.224. The van der Waals surface area contributed by atoms with Crippen molar-refractivity contribution in [1.82, 2.24) is 9.55 Å². The minimum absolute atomic E-state index is 0.143. The molecule has 4 rings (SSSR count). The number of nitrogens with zero attached hydrogens (tertiary/aromatic N) is 3. The van der Waals surface area contributed by atoms with Crippen molar-refractivity contribution in [1.29, 1.82) is 0 Å². The number of piperidine rings is 1. The summed E-state index contributed by atoms with van der Waals surface area (Å²) in [5.41, 5.74) is 1.41. The summed E-state index contributed by atoms with van der Waals surface area (Å²) in [7, 11) is 0. The van der Waals surface area contributed by atoms with Crippen LogP contribution in [0.3, 0.4) is 0 Å². The lowest BCUT2D eigenvalue weighted by Crippen LogP contribution is -2.39. The first-order valence-electron chi connectivity index (χ1n) is 9.89. The Bertz CT molecular complexity index is 1010. The van der Waals surface area contributed by atoms with Gasteiger partial charge in [-0.1, -0.05) is 0 Å². The highest BCUT2D eigenvalue weighted by Gasteiger charge is 2.31. The van der Waals surface area contributed by atoms with Crippen LogP contribution in [0.4, 0.5) is 24.7 Å². The van der Waals surface area contributed by atoms with Crippen LogP contribution in [-0.2, 0) is 4.79 Å². The van der Waals surface area contributed by atoms with E-state index in [4.69, 9.17) is 0 Å². The summed E-state index contributed by atoms with van der Waals surface area (Å²) in [6.45, 7) is 1.36. The number of nitrogens with one attached hydrogen (secondary N) is 1. The fraction of sp³-hybridized carbons (Fsp3) is 0.273. The Morgan fingerprint density at radius 1 is 1.03 bits per heavy atom. The number of carbonyl (C=O) groups is 1. The van der Waals surface area contributed by atoms with Gasteiger partial charge in [0.1, 0.15) is 5.75 Å². The minimum atomic E-state index is -4.74. The number of halogens is 3. The lowest BCUT2D eigenvalue weighted by atomic mass is 9.95. The second-order valence-electron chi connectivity index (χ2n) is 7.26. The molecule has 0 spiro atoms. The van der Waals surface area contributed by atoms with Crippen molar-refractivity contribution in [2.45, 2.75) is 19.2 Å². The molecule has 31 heavy (non-hydrogen) atoms. The Balaban J connectivity index is 1.35. The van der Waals surface area contributed by atoms with Crippen molar-refractivity contribution in [3.05, 3.63) is 67.1 Å². The smallest absolute Gasteiger partial charge is 0.406 e. The molecule has 9 heteroatoms. The van der Waals surface area contributed by atoms with Crippen LogP contribution >= 0.6 is 0 Å². The van der Waals surface area contributed by atoms with Gasteiger partial charge in [0.25, 0.3) is 0 Å². The molecule has 2 aromatic heterocycles. The van der Waals surface area contributed by atoms with Gasteiger partial charge < -0.3 is 19.5 Å². The number of rotatable bonds is 5. The molecule has 1 amide bonds. The molecule has 1 aliphatic heterocycles. The van der Waals surface area contributed by atoms with Gasteiger partial charge in [-0.2, -0.15) is 0 Å². The van der Waals surface area contributed by atoms with Gasteiger partial charge in [-0.15, -0.1) is 13.2 Å². The zero-order chi connectivity index (χ0) is 21.8. The summed E-state index contributed by atoms with van der Waals surface area (Å²) < 4.78 is 42.6. The summed E-state index contributed by atoms with van der Waals surface area (Å²) >= 11 is 0. The Labute approximate surface area is 177 Å². The predicted molar refractivity (Wildman–Crippen MR) is 110 cm³/mol. The highest BCUT2D eigenvalue weighted by molar-refractivity contribution is 5.92. The van der Waals surface area contributed by atoms with Crippen LogP contribution in [0.15, 0.2) is 67.1 Å². The second-order valence-corrected chi connectivity index (χ2v) is 7.26. The molecule has 0 atom stereocenters. The number of benzene rings is 1.